The second-order valence-corrected chi connectivity index (χ2v) is 5.31. The van der Waals surface area contributed by atoms with Crippen LogP contribution in [0.2, 0.25) is 0 Å². The van der Waals surface area contributed by atoms with Crippen LogP contribution in [0.1, 0.15) is 18.9 Å². The van der Waals surface area contributed by atoms with Gasteiger partial charge in [-0.25, -0.2) is 0 Å². The Balaban J connectivity index is 1.65. The summed E-state index contributed by atoms with van der Waals surface area (Å²) in [6.07, 6.45) is 1.83. The third kappa shape index (κ3) is 6.43. The first-order valence-corrected chi connectivity index (χ1v) is 8.05. The Bertz CT molecular complexity index is 582. The highest BCUT2D eigenvalue weighted by Crippen LogP contribution is 2.15. The molecular formula is C19H24N2O2. The Morgan fingerprint density at radius 3 is 2.48 bits per heavy atom. The average Bonchev–Trinajstić information content (AvgIpc) is 2.60. The molecule has 1 amide bonds. The first-order chi connectivity index (χ1) is 11.3. The molecule has 0 saturated heterocycles. The van der Waals surface area contributed by atoms with Gasteiger partial charge in [0.2, 0.25) is 5.91 Å². The smallest absolute Gasteiger partial charge is 0.239 e. The van der Waals surface area contributed by atoms with Crippen molar-refractivity contribution in [2.75, 3.05) is 25.0 Å². The van der Waals surface area contributed by atoms with E-state index in [0.29, 0.717) is 6.54 Å². The fourth-order valence-electron chi connectivity index (χ4n) is 2.12. The molecule has 2 aromatic carbocycles. The molecule has 0 spiro atoms. The minimum atomic E-state index is -0.00718. The van der Waals surface area contributed by atoms with Gasteiger partial charge < -0.3 is 15.4 Å². The van der Waals surface area contributed by atoms with E-state index in [0.717, 1.165) is 30.9 Å². The molecule has 0 bridgehead atoms. The number of carbonyl (C=O) groups is 1. The van der Waals surface area contributed by atoms with Crippen LogP contribution in [-0.4, -0.2) is 25.6 Å². The van der Waals surface area contributed by atoms with Gasteiger partial charge >= 0.3 is 0 Å². The van der Waals surface area contributed by atoms with Crippen LogP contribution >= 0.6 is 0 Å². The van der Waals surface area contributed by atoms with Gasteiger partial charge in [0, 0.05) is 12.2 Å². The van der Waals surface area contributed by atoms with Crippen LogP contribution < -0.4 is 15.4 Å². The SMILES string of the molecule is CCCOc1ccc(NCC(=O)NCCc2ccccc2)cc1. The van der Waals surface area contributed by atoms with E-state index in [1.54, 1.807) is 0 Å². The third-order valence-corrected chi connectivity index (χ3v) is 3.36. The highest BCUT2D eigenvalue weighted by molar-refractivity contribution is 5.80. The van der Waals surface area contributed by atoms with Crippen molar-refractivity contribution < 1.29 is 9.53 Å². The maximum absolute atomic E-state index is 11.8. The summed E-state index contributed by atoms with van der Waals surface area (Å²) in [6.45, 7) is 3.71. The number of carbonyl (C=O) groups excluding carboxylic acids is 1. The zero-order valence-corrected chi connectivity index (χ0v) is 13.5. The molecule has 2 N–H and O–H groups in total. The van der Waals surface area contributed by atoms with Crippen molar-refractivity contribution in [2.45, 2.75) is 19.8 Å². The van der Waals surface area contributed by atoms with Crippen molar-refractivity contribution in [1.82, 2.24) is 5.32 Å². The van der Waals surface area contributed by atoms with Gasteiger partial charge in [0.15, 0.2) is 0 Å². The van der Waals surface area contributed by atoms with Gasteiger partial charge in [-0.2, -0.15) is 0 Å². The van der Waals surface area contributed by atoms with Gasteiger partial charge in [-0.1, -0.05) is 37.3 Å². The molecule has 0 aliphatic carbocycles. The van der Waals surface area contributed by atoms with Crippen molar-refractivity contribution in [3.63, 3.8) is 0 Å². The third-order valence-electron chi connectivity index (χ3n) is 3.36. The molecule has 4 heteroatoms. The maximum atomic E-state index is 11.8. The molecule has 0 heterocycles. The summed E-state index contributed by atoms with van der Waals surface area (Å²) in [6, 6.07) is 17.8. The summed E-state index contributed by atoms with van der Waals surface area (Å²) in [5.41, 5.74) is 2.13. The molecule has 122 valence electrons. The number of benzene rings is 2. The topological polar surface area (TPSA) is 50.4 Å². The number of hydrogen-bond donors (Lipinski definition) is 2. The zero-order chi connectivity index (χ0) is 16.3. The lowest BCUT2D eigenvalue weighted by Gasteiger charge is -2.09. The van der Waals surface area contributed by atoms with E-state index >= 15 is 0 Å². The predicted molar refractivity (Wildman–Crippen MR) is 93.9 cm³/mol. The van der Waals surface area contributed by atoms with E-state index in [2.05, 4.69) is 29.7 Å². The largest absolute Gasteiger partial charge is 0.494 e. The van der Waals surface area contributed by atoms with Crippen molar-refractivity contribution in [2.24, 2.45) is 0 Å². The molecule has 0 fully saturated rings. The van der Waals surface area contributed by atoms with Gasteiger partial charge in [-0.3, -0.25) is 4.79 Å². The van der Waals surface area contributed by atoms with E-state index in [9.17, 15) is 4.79 Å². The number of nitrogens with one attached hydrogen (secondary N) is 2. The molecule has 0 unspecified atom stereocenters. The molecule has 2 rings (SSSR count). The minimum absolute atomic E-state index is 0.00718. The lowest BCUT2D eigenvalue weighted by Crippen LogP contribution is -2.31. The first kappa shape index (κ1) is 16.9. The fourth-order valence-corrected chi connectivity index (χ4v) is 2.12. The predicted octanol–water partition coefficient (Wildman–Crippen LogP) is 3.25. The maximum Gasteiger partial charge on any atom is 0.239 e. The lowest BCUT2D eigenvalue weighted by molar-refractivity contribution is -0.119. The summed E-state index contributed by atoms with van der Waals surface area (Å²) in [5.74, 6) is 0.844. The molecule has 2 aromatic rings. The van der Waals surface area contributed by atoms with Crippen LogP contribution in [0, 0.1) is 0 Å². The standard InChI is InChI=1S/C19H24N2O2/c1-2-14-23-18-10-8-17(9-11-18)21-15-19(22)20-13-12-16-6-4-3-5-7-16/h3-11,21H,2,12-15H2,1H3,(H,20,22). The monoisotopic (exact) mass is 312 g/mol. The zero-order valence-electron chi connectivity index (χ0n) is 13.5. The molecule has 0 aliphatic heterocycles. The number of anilines is 1. The molecule has 0 atom stereocenters. The van der Waals surface area contributed by atoms with Gasteiger partial charge in [-0.05, 0) is 42.7 Å². The number of rotatable bonds is 9. The quantitative estimate of drug-likeness (QED) is 0.747. The Hall–Kier alpha value is -2.49. The second kappa shape index (κ2) is 9.51. The normalized spacial score (nSPS) is 10.1. The second-order valence-electron chi connectivity index (χ2n) is 5.31. The molecule has 0 aromatic heterocycles. The summed E-state index contributed by atoms with van der Waals surface area (Å²) in [4.78, 5) is 11.8. The summed E-state index contributed by atoms with van der Waals surface area (Å²) in [5, 5.41) is 6.02. The van der Waals surface area contributed by atoms with Crippen LogP contribution in [-0.2, 0) is 11.2 Å². The van der Waals surface area contributed by atoms with Crippen molar-refractivity contribution in [3.8, 4) is 5.75 Å². The van der Waals surface area contributed by atoms with Gasteiger partial charge in [0.25, 0.3) is 0 Å². The summed E-state index contributed by atoms with van der Waals surface area (Å²) in [7, 11) is 0. The van der Waals surface area contributed by atoms with Crippen molar-refractivity contribution >= 4 is 11.6 Å². The lowest BCUT2D eigenvalue weighted by atomic mass is 10.1. The van der Waals surface area contributed by atoms with Crippen molar-refractivity contribution in [1.29, 1.82) is 0 Å². The van der Waals surface area contributed by atoms with Crippen LogP contribution in [0.5, 0.6) is 5.75 Å². The first-order valence-electron chi connectivity index (χ1n) is 8.05. The summed E-state index contributed by atoms with van der Waals surface area (Å²) < 4.78 is 5.52. The average molecular weight is 312 g/mol. The van der Waals surface area contributed by atoms with Crippen LogP contribution in [0.4, 0.5) is 5.69 Å². The Labute approximate surface area is 137 Å². The molecular weight excluding hydrogens is 288 g/mol. The minimum Gasteiger partial charge on any atom is -0.494 e. The Morgan fingerprint density at radius 2 is 1.78 bits per heavy atom. The van der Waals surface area contributed by atoms with Gasteiger partial charge in [-0.15, -0.1) is 0 Å². The molecule has 4 nitrogen and oxygen atoms in total. The fraction of sp³-hybridized carbons (Fsp3) is 0.316. The van der Waals surface area contributed by atoms with Gasteiger partial charge in [0.05, 0.1) is 13.2 Å². The molecule has 0 saturated carbocycles. The van der Waals surface area contributed by atoms with E-state index < -0.39 is 0 Å². The van der Waals surface area contributed by atoms with E-state index in [1.807, 2.05) is 42.5 Å². The highest BCUT2D eigenvalue weighted by Gasteiger charge is 2.01. The van der Waals surface area contributed by atoms with Crippen molar-refractivity contribution in [3.05, 3.63) is 60.2 Å². The molecule has 23 heavy (non-hydrogen) atoms. The number of amides is 1. The number of hydrogen-bond acceptors (Lipinski definition) is 3. The molecule has 0 aliphatic rings. The van der Waals surface area contributed by atoms with Gasteiger partial charge in [0.1, 0.15) is 5.75 Å². The number of ether oxygens (including phenoxy) is 1. The summed E-state index contributed by atoms with van der Waals surface area (Å²) >= 11 is 0. The van der Waals surface area contributed by atoms with Crippen LogP contribution in [0.15, 0.2) is 54.6 Å². The van der Waals surface area contributed by atoms with Crippen LogP contribution in [0.3, 0.4) is 0 Å². The molecule has 0 radical (unpaired) electrons. The Morgan fingerprint density at radius 1 is 1.04 bits per heavy atom. The Kier molecular flexibility index (Phi) is 6.98. The van der Waals surface area contributed by atoms with E-state index in [4.69, 9.17) is 4.74 Å². The highest BCUT2D eigenvalue weighted by atomic mass is 16.5. The van der Waals surface area contributed by atoms with E-state index in [1.165, 1.54) is 5.56 Å². The van der Waals surface area contributed by atoms with E-state index in [-0.39, 0.29) is 12.5 Å². The van der Waals surface area contributed by atoms with Crippen LogP contribution in [0.25, 0.3) is 0 Å².